The Morgan fingerprint density at radius 2 is 2.00 bits per heavy atom. The summed E-state index contributed by atoms with van der Waals surface area (Å²) in [4.78, 5) is 21.4. The highest BCUT2D eigenvalue weighted by molar-refractivity contribution is 7.80. The van der Waals surface area contributed by atoms with E-state index in [1.165, 1.54) is 6.92 Å². The van der Waals surface area contributed by atoms with Gasteiger partial charge in [0.25, 0.3) is 0 Å². The minimum absolute atomic E-state index is 0.00491. The monoisotopic (exact) mass is 189 g/mol. The van der Waals surface area contributed by atoms with Gasteiger partial charge in [0.05, 0.1) is 0 Å². The molecule has 0 unspecified atom stereocenters. The first-order valence-electron chi connectivity index (χ1n) is 4.04. The number of thiol groups is 1. The van der Waals surface area contributed by atoms with Crippen molar-refractivity contribution in [1.29, 1.82) is 0 Å². The molecule has 0 saturated heterocycles. The van der Waals surface area contributed by atoms with Crippen molar-refractivity contribution in [3.63, 3.8) is 0 Å². The number of amides is 1. The number of ketones is 1. The van der Waals surface area contributed by atoms with Crippen LogP contribution >= 0.6 is 12.6 Å². The van der Waals surface area contributed by atoms with Gasteiger partial charge in [-0.2, -0.15) is 12.6 Å². The summed E-state index contributed by atoms with van der Waals surface area (Å²) < 4.78 is 0. The maximum absolute atomic E-state index is 10.9. The minimum atomic E-state index is 0.00491. The van der Waals surface area contributed by atoms with Crippen LogP contribution < -0.4 is 5.32 Å². The molecule has 0 atom stereocenters. The van der Waals surface area contributed by atoms with Crippen molar-refractivity contribution in [2.75, 3.05) is 12.3 Å². The lowest BCUT2D eigenvalue weighted by Gasteiger charge is -2.01. The van der Waals surface area contributed by atoms with Crippen molar-refractivity contribution < 1.29 is 9.59 Å². The first kappa shape index (κ1) is 11.5. The lowest BCUT2D eigenvalue weighted by atomic mass is 10.2. The number of Topliss-reactive ketones (excluding diaryl/α,β-unsaturated/α-hetero) is 1. The molecule has 0 aromatic rings. The third-order valence-electron chi connectivity index (χ3n) is 1.37. The quantitative estimate of drug-likeness (QED) is 0.607. The number of carbonyl (C=O) groups is 2. The molecule has 1 amide bonds. The summed E-state index contributed by atoms with van der Waals surface area (Å²) in [5, 5.41) is 2.68. The van der Waals surface area contributed by atoms with E-state index in [1.807, 2.05) is 0 Å². The second-order valence-electron chi connectivity index (χ2n) is 2.63. The molecule has 0 aliphatic heterocycles. The third-order valence-corrected chi connectivity index (χ3v) is 1.59. The predicted molar refractivity (Wildman–Crippen MR) is 51.4 cm³/mol. The summed E-state index contributed by atoms with van der Waals surface area (Å²) in [5.41, 5.74) is 0. The van der Waals surface area contributed by atoms with Crippen LogP contribution in [0.1, 0.15) is 26.2 Å². The summed E-state index contributed by atoms with van der Waals surface area (Å²) in [5.74, 6) is 0.792. The van der Waals surface area contributed by atoms with E-state index in [9.17, 15) is 9.59 Å². The molecule has 0 heterocycles. The zero-order valence-electron chi connectivity index (χ0n) is 7.30. The summed E-state index contributed by atoms with van der Waals surface area (Å²) >= 11 is 3.95. The van der Waals surface area contributed by atoms with Crippen molar-refractivity contribution in [1.82, 2.24) is 5.32 Å². The Balaban J connectivity index is 3.25. The molecule has 0 fully saturated rings. The number of rotatable bonds is 6. The molecule has 4 heteroatoms. The van der Waals surface area contributed by atoms with E-state index in [0.29, 0.717) is 31.6 Å². The van der Waals surface area contributed by atoms with Gasteiger partial charge in [0.2, 0.25) is 5.91 Å². The van der Waals surface area contributed by atoms with Gasteiger partial charge in [-0.25, -0.2) is 0 Å². The van der Waals surface area contributed by atoms with Gasteiger partial charge < -0.3 is 10.1 Å². The maximum Gasteiger partial charge on any atom is 0.220 e. The highest BCUT2D eigenvalue weighted by atomic mass is 32.1. The fraction of sp³-hybridized carbons (Fsp3) is 0.750. The van der Waals surface area contributed by atoms with E-state index in [2.05, 4.69) is 17.9 Å². The molecular formula is C8H15NO2S. The van der Waals surface area contributed by atoms with Crippen molar-refractivity contribution in [2.45, 2.75) is 26.2 Å². The Morgan fingerprint density at radius 1 is 1.33 bits per heavy atom. The van der Waals surface area contributed by atoms with Gasteiger partial charge in [0.15, 0.2) is 0 Å². The Kier molecular flexibility index (Phi) is 6.85. The topological polar surface area (TPSA) is 46.2 Å². The fourth-order valence-electron chi connectivity index (χ4n) is 0.782. The summed E-state index contributed by atoms with van der Waals surface area (Å²) in [6.45, 7) is 2.13. The SMILES string of the molecule is CC(=O)CCCC(=O)NCCS. The van der Waals surface area contributed by atoms with Gasteiger partial charge in [0.1, 0.15) is 5.78 Å². The van der Waals surface area contributed by atoms with Crippen molar-refractivity contribution in [3.8, 4) is 0 Å². The van der Waals surface area contributed by atoms with Gasteiger partial charge in [-0.1, -0.05) is 0 Å². The Bertz CT molecular complexity index is 159. The lowest BCUT2D eigenvalue weighted by Crippen LogP contribution is -2.24. The average Bonchev–Trinajstić information content (AvgIpc) is 2.00. The smallest absolute Gasteiger partial charge is 0.220 e. The average molecular weight is 189 g/mol. The van der Waals surface area contributed by atoms with Crippen molar-refractivity contribution in [2.24, 2.45) is 0 Å². The van der Waals surface area contributed by atoms with Crippen LogP contribution in [-0.2, 0) is 9.59 Å². The first-order chi connectivity index (χ1) is 5.66. The van der Waals surface area contributed by atoms with Gasteiger partial charge in [0, 0.05) is 25.1 Å². The second-order valence-corrected chi connectivity index (χ2v) is 3.08. The molecule has 0 radical (unpaired) electrons. The molecule has 0 aromatic carbocycles. The Morgan fingerprint density at radius 3 is 2.50 bits per heavy atom. The van der Waals surface area contributed by atoms with Crippen LogP contribution in [0.5, 0.6) is 0 Å². The van der Waals surface area contributed by atoms with E-state index in [0.717, 1.165) is 0 Å². The summed E-state index contributed by atoms with van der Waals surface area (Å²) in [6.07, 6.45) is 1.58. The van der Waals surface area contributed by atoms with Gasteiger partial charge in [-0.05, 0) is 13.3 Å². The standard InChI is InChI=1S/C8H15NO2S/c1-7(10)3-2-4-8(11)9-5-6-12/h12H,2-6H2,1H3,(H,9,11). The summed E-state index contributed by atoms with van der Waals surface area (Å²) in [7, 11) is 0. The molecule has 12 heavy (non-hydrogen) atoms. The molecule has 3 nitrogen and oxygen atoms in total. The molecule has 0 spiro atoms. The zero-order valence-corrected chi connectivity index (χ0v) is 8.19. The molecule has 70 valence electrons. The largest absolute Gasteiger partial charge is 0.355 e. The van der Waals surface area contributed by atoms with Gasteiger partial charge >= 0.3 is 0 Å². The minimum Gasteiger partial charge on any atom is -0.355 e. The molecular weight excluding hydrogens is 174 g/mol. The van der Waals surface area contributed by atoms with Crippen molar-refractivity contribution in [3.05, 3.63) is 0 Å². The van der Waals surface area contributed by atoms with E-state index in [4.69, 9.17) is 0 Å². The van der Waals surface area contributed by atoms with E-state index >= 15 is 0 Å². The highest BCUT2D eigenvalue weighted by Crippen LogP contribution is 1.95. The van der Waals surface area contributed by atoms with Crippen LogP contribution in [0.15, 0.2) is 0 Å². The molecule has 0 aliphatic carbocycles. The number of hydrogen-bond donors (Lipinski definition) is 2. The van der Waals surface area contributed by atoms with Crippen molar-refractivity contribution >= 4 is 24.3 Å². The zero-order chi connectivity index (χ0) is 9.40. The number of nitrogens with one attached hydrogen (secondary N) is 1. The number of hydrogen-bond acceptors (Lipinski definition) is 3. The normalized spacial score (nSPS) is 9.50. The molecule has 0 aromatic heterocycles. The van der Waals surface area contributed by atoms with Crippen LogP contribution in [-0.4, -0.2) is 24.0 Å². The van der Waals surface area contributed by atoms with E-state index in [1.54, 1.807) is 0 Å². The molecule has 1 N–H and O–H groups in total. The lowest BCUT2D eigenvalue weighted by molar-refractivity contribution is -0.121. The van der Waals surface area contributed by atoms with E-state index < -0.39 is 0 Å². The highest BCUT2D eigenvalue weighted by Gasteiger charge is 2.00. The predicted octanol–water partition coefficient (Wildman–Crippen LogP) is 0.792. The van der Waals surface area contributed by atoms with Crippen LogP contribution in [0.4, 0.5) is 0 Å². The molecule has 0 saturated carbocycles. The van der Waals surface area contributed by atoms with Crippen LogP contribution in [0.3, 0.4) is 0 Å². The Labute approximate surface area is 78.3 Å². The van der Waals surface area contributed by atoms with Gasteiger partial charge in [-0.15, -0.1) is 0 Å². The van der Waals surface area contributed by atoms with Gasteiger partial charge in [-0.3, -0.25) is 4.79 Å². The van der Waals surface area contributed by atoms with Crippen LogP contribution in [0.25, 0.3) is 0 Å². The molecule has 0 bridgehead atoms. The van der Waals surface area contributed by atoms with Crippen LogP contribution in [0.2, 0.25) is 0 Å². The first-order valence-corrected chi connectivity index (χ1v) is 4.67. The third kappa shape index (κ3) is 7.60. The fourth-order valence-corrected chi connectivity index (χ4v) is 0.893. The maximum atomic E-state index is 10.9. The summed E-state index contributed by atoms with van der Waals surface area (Å²) in [6, 6.07) is 0. The second kappa shape index (κ2) is 7.16. The Hall–Kier alpha value is -0.510. The molecule has 0 rings (SSSR count). The van der Waals surface area contributed by atoms with Crippen LogP contribution in [0, 0.1) is 0 Å². The number of carbonyl (C=O) groups excluding carboxylic acids is 2. The van der Waals surface area contributed by atoms with E-state index in [-0.39, 0.29) is 11.7 Å². The molecule has 0 aliphatic rings.